The van der Waals surface area contributed by atoms with E-state index in [0.29, 0.717) is 11.6 Å². The first-order chi connectivity index (χ1) is 10.2. The van der Waals surface area contributed by atoms with Crippen LogP contribution in [0.5, 0.6) is 0 Å². The molecular weight excluding hydrogens is 282 g/mol. The van der Waals surface area contributed by atoms with Gasteiger partial charge in [-0.2, -0.15) is 0 Å². The lowest BCUT2D eigenvalue weighted by Crippen LogP contribution is -2.36. The van der Waals surface area contributed by atoms with Gasteiger partial charge < -0.3 is 10.8 Å². The van der Waals surface area contributed by atoms with Gasteiger partial charge in [-0.05, 0) is 36.1 Å². The Hall–Kier alpha value is -1.35. The second-order valence-corrected chi connectivity index (χ2v) is 6.30. The van der Waals surface area contributed by atoms with Gasteiger partial charge in [-0.15, -0.1) is 0 Å². The summed E-state index contributed by atoms with van der Waals surface area (Å²) in [6.45, 7) is 0.413. The third-order valence-corrected chi connectivity index (χ3v) is 4.85. The zero-order chi connectivity index (χ0) is 14.9. The maximum absolute atomic E-state index is 11.0. The molecule has 0 aliphatic heterocycles. The normalized spacial score (nSPS) is 19.0. The summed E-state index contributed by atoms with van der Waals surface area (Å²) in [5.41, 5.74) is 8.03. The van der Waals surface area contributed by atoms with E-state index in [9.17, 15) is 5.11 Å². The topological polar surface area (TPSA) is 46.2 Å². The van der Waals surface area contributed by atoms with Gasteiger partial charge in [0, 0.05) is 22.9 Å². The predicted molar refractivity (Wildman–Crippen MR) is 86.6 cm³/mol. The molecule has 2 atom stereocenters. The van der Waals surface area contributed by atoms with E-state index in [4.69, 9.17) is 17.3 Å². The molecule has 0 bridgehead atoms. The van der Waals surface area contributed by atoms with Gasteiger partial charge in [0.15, 0.2) is 0 Å². The molecule has 0 amide bonds. The van der Waals surface area contributed by atoms with Crippen LogP contribution in [-0.2, 0) is 5.41 Å². The Morgan fingerprint density at radius 2 is 1.81 bits per heavy atom. The van der Waals surface area contributed by atoms with Gasteiger partial charge in [0.05, 0.1) is 6.10 Å². The molecule has 1 fully saturated rings. The van der Waals surface area contributed by atoms with Crippen molar-refractivity contribution in [2.24, 2.45) is 5.73 Å². The molecule has 3 N–H and O–H groups in total. The van der Waals surface area contributed by atoms with Crippen LogP contribution in [0.4, 0.5) is 0 Å². The van der Waals surface area contributed by atoms with E-state index in [-0.39, 0.29) is 11.3 Å². The average Bonchev–Trinajstić information content (AvgIpc) is 3.31. The summed E-state index contributed by atoms with van der Waals surface area (Å²) in [6.07, 6.45) is 1.54. The highest BCUT2D eigenvalue weighted by atomic mass is 35.5. The molecule has 0 heterocycles. The monoisotopic (exact) mass is 301 g/mol. The summed E-state index contributed by atoms with van der Waals surface area (Å²) in [4.78, 5) is 0. The van der Waals surface area contributed by atoms with E-state index in [1.807, 2.05) is 42.5 Å². The Balaban J connectivity index is 1.91. The number of halogens is 1. The van der Waals surface area contributed by atoms with Crippen molar-refractivity contribution in [2.75, 3.05) is 6.54 Å². The molecule has 2 nitrogen and oxygen atoms in total. The van der Waals surface area contributed by atoms with Crippen LogP contribution in [0, 0.1) is 0 Å². The molecule has 110 valence electrons. The van der Waals surface area contributed by atoms with Crippen LogP contribution >= 0.6 is 11.6 Å². The van der Waals surface area contributed by atoms with E-state index < -0.39 is 6.10 Å². The van der Waals surface area contributed by atoms with Gasteiger partial charge in [-0.1, -0.05) is 54.1 Å². The van der Waals surface area contributed by atoms with Crippen molar-refractivity contribution in [3.63, 3.8) is 0 Å². The van der Waals surface area contributed by atoms with E-state index in [1.54, 1.807) is 0 Å². The van der Waals surface area contributed by atoms with Crippen LogP contribution in [-0.4, -0.2) is 17.8 Å². The molecule has 2 unspecified atom stereocenters. The number of hydrogen-bond acceptors (Lipinski definition) is 2. The molecule has 0 aromatic heterocycles. The fourth-order valence-corrected chi connectivity index (χ4v) is 3.43. The zero-order valence-corrected chi connectivity index (χ0v) is 12.6. The number of benzene rings is 2. The van der Waals surface area contributed by atoms with Crippen molar-refractivity contribution >= 4 is 11.6 Å². The third-order valence-electron chi connectivity index (χ3n) is 4.62. The van der Waals surface area contributed by atoms with Gasteiger partial charge in [0.2, 0.25) is 0 Å². The summed E-state index contributed by atoms with van der Waals surface area (Å²) in [5.74, 6) is -0.0913. The van der Waals surface area contributed by atoms with E-state index in [1.165, 1.54) is 5.56 Å². The molecule has 0 radical (unpaired) electrons. The lowest BCUT2D eigenvalue weighted by Gasteiger charge is -2.30. The Labute approximate surface area is 130 Å². The lowest BCUT2D eigenvalue weighted by atomic mass is 9.80. The van der Waals surface area contributed by atoms with Crippen LogP contribution in [0.3, 0.4) is 0 Å². The second-order valence-electron chi connectivity index (χ2n) is 5.86. The maximum atomic E-state index is 11.0. The van der Waals surface area contributed by atoms with E-state index >= 15 is 0 Å². The summed E-state index contributed by atoms with van der Waals surface area (Å²) >= 11 is 6.08. The summed E-state index contributed by atoms with van der Waals surface area (Å²) in [7, 11) is 0. The molecular formula is C18H20ClNO. The fraction of sp³-hybridized carbons (Fsp3) is 0.333. The van der Waals surface area contributed by atoms with Crippen molar-refractivity contribution in [3.8, 4) is 0 Å². The molecule has 1 aliphatic carbocycles. The van der Waals surface area contributed by atoms with Crippen molar-refractivity contribution in [1.82, 2.24) is 0 Å². The Morgan fingerprint density at radius 3 is 2.38 bits per heavy atom. The second kappa shape index (κ2) is 5.80. The number of nitrogens with two attached hydrogens (primary N) is 1. The largest absolute Gasteiger partial charge is 0.392 e. The van der Waals surface area contributed by atoms with Crippen molar-refractivity contribution in [2.45, 2.75) is 30.3 Å². The standard InChI is InChI=1S/C18H20ClNO/c19-15-8-4-5-13(11-15)16(12-20)17(21)18(9-10-18)14-6-2-1-3-7-14/h1-8,11,16-17,21H,9-10,12,20H2. The molecule has 2 aromatic carbocycles. The molecule has 21 heavy (non-hydrogen) atoms. The minimum absolute atomic E-state index is 0.0913. The highest BCUT2D eigenvalue weighted by molar-refractivity contribution is 6.30. The maximum Gasteiger partial charge on any atom is 0.0717 e. The van der Waals surface area contributed by atoms with Crippen molar-refractivity contribution < 1.29 is 5.11 Å². The highest BCUT2D eigenvalue weighted by Gasteiger charge is 2.52. The fourth-order valence-electron chi connectivity index (χ4n) is 3.23. The first-order valence-electron chi connectivity index (χ1n) is 7.36. The zero-order valence-electron chi connectivity index (χ0n) is 11.9. The highest BCUT2D eigenvalue weighted by Crippen LogP contribution is 2.54. The lowest BCUT2D eigenvalue weighted by molar-refractivity contribution is 0.104. The molecule has 0 spiro atoms. The molecule has 1 aliphatic rings. The number of aliphatic hydroxyl groups is 1. The SMILES string of the molecule is NCC(c1cccc(Cl)c1)C(O)C1(c2ccccc2)CC1. The Kier molecular flexibility index (Phi) is 4.03. The van der Waals surface area contributed by atoms with E-state index in [0.717, 1.165) is 18.4 Å². The summed E-state index contributed by atoms with van der Waals surface area (Å²) in [6, 6.07) is 17.9. The van der Waals surface area contributed by atoms with Crippen LogP contribution in [0.1, 0.15) is 29.9 Å². The summed E-state index contributed by atoms with van der Waals surface area (Å²) in [5, 5.41) is 11.7. The van der Waals surface area contributed by atoms with Gasteiger partial charge >= 0.3 is 0 Å². The van der Waals surface area contributed by atoms with E-state index in [2.05, 4.69) is 12.1 Å². The smallest absolute Gasteiger partial charge is 0.0717 e. The number of hydrogen-bond donors (Lipinski definition) is 2. The molecule has 2 aromatic rings. The van der Waals surface area contributed by atoms with Crippen LogP contribution in [0.15, 0.2) is 54.6 Å². The van der Waals surface area contributed by atoms with Crippen LogP contribution < -0.4 is 5.73 Å². The quantitative estimate of drug-likeness (QED) is 0.888. The van der Waals surface area contributed by atoms with Gasteiger partial charge in [-0.3, -0.25) is 0 Å². The average molecular weight is 302 g/mol. The Morgan fingerprint density at radius 1 is 1.10 bits per heavy atom. The Bertz CT molecular complexity index is 610. The third kappa shape index (κ3) is 2.71. The van der Waals surface area contributed by atoms with Crippen LogP contribution in [0.2, 0.25) is 5.02 Å². The van der Waals surface area contributed by atoms with Crippen LogP contribution in [0.25, 0.3) is 0 Å². The van der Waals surface area contributed by atoms with Gasteiger partial charge in [0.25, 0.3) is 0 Å². The molecule has 3 rings (SSSR count). The minimum Gasteiger partial charge on any atom is -0.392 e. The first-order valence-corrected chi connectivity index (χ1v) is 7.74. The molecule has 3 heteroatoms. The minimum atomic E-state index is -0.483. The number of rotatable bonds is 5. The first kappa shape index (κ1) is 14.6. The predicted octanol–water partition coefficient (Wildman–Crippen LogP) is 3.48. The molecule has 0 saturated heterocycles. The van der Waals surface area contributed by atoms with Crippen molar-refractivity contribution in [3.05, 3.63) is 70.7 Å². The molecule has 1 saturated carbocycles. The van der Waals surface area contributed by atoms with Crippen molar-refractivity contribution in [1.29, 1.82) is 0 Å². The van der Waals surface area contributed by atoms with Gasteiger partial charge in [-0.25, -0.2) is 0 Å². The van der Waals surface area contributed by atoms with Gasteiger partial charge in [0.1, 0.15) is 0 Å². The summed E-state index contributed by atoms with van der Waals surface area (Å²) < 4.78 is 0. The number of aliphatic hydroxyl groups excluding tert-OH is 1.